The molecule has 0 aliphatic carbocycles. The lowest BCUT2D eigenvalue weighted by atomic mass is 9.89. The number of nitrogens with one attached hydrogen (secondary N) is 1. The summed E-state index contributed by atoms with van der Waals surface area (Å²) in [5, 5.41) is 11.4. The number of nitrogens with two attached hydrogens (primary N) is 1. The van der Waals surface area contributed by atoms with Crippen molar-refractivity contribution in [3.8, 4) is 0 Å². The molecule has 1 heterocycles. The number of aliphatic carboxylic acids is 1. The molecule has 7 nitrogen and oxygen atoms in total. The van der Waals surface area contributed by atoms with Crippen molar-refractivity contribution < 1.29 is 19.5 Å². The Bertz CT molecular complexity index is 398. The fraction of sp³-hybridized carbons (Fsp3) is 0.786. The maximum atomic E-state index is 12.1. The molecular weight excluding hydrogens is 274 g/mol. The van der Waals surface area contributed by atoms with Gasteiger partial charge in [0.05, 0.1) is 6.42 Å². The molecule has 1 rings (SSSR count). The third-order valence-electron chi connectivity index (χ3n) is 4.00. The van der Waals surface area contributed by atoms with E-state index in [0.29, 0.717) is 24.9 Å². The second-order valence-corrected chi connectivity index (χ2v) is 5.93. The molecule has 2 atom stereocenters. The first-order chi connectivity index (χ1) is 9.81. The molecule has 3 amide bonds. The molecule has 7 heteroatoms. The van der Waals surface area contributed by atoms with Crippen LogP contribution in [-0.4, -0.2) is 47.0 Å². The van der Waals surface area contributed by atoms with E-state index in [9.17, 15) is 14.4 Å². The maximum Gasteiger partial charge on any atom is 0.326 e. The average Bonchev–Trinajstić information content (AvgIpc) is 2.62. The number of rotatable bonds is 5. The molecule has 0 spiro atoms. The highest BCUT2D eigenvalue weighted by Gasteiger charge is 2.27. The van der Waals surface area contributed by atoms with Crippen molar-refractivity contribution in [2.45, 2.75) is 45.6 Å². The Morgan fingerprint density at radius 3 is 2.48 bits per heavy atom. The van der Waals surface area contributed by atoms with E-state index in [1.165, 1.54) is 0 Å². The highest BCUT2D eigenvalue weighted by Crippen LogP contribution is 2.24. The second kappa shape index (κ2) is 7.85. The smallest absolute Gasteiger partial charge is 0.326 e. The third-order valence-corrected chi connectivity index (χ3v) is 4.00. The molecule has 0 aromatic rings. The van der Waals surface area contributed by atoms with Gasteiger partial charge in [0, 0.05) is 13.1 Å². The van der Waals surface area contributed by atoms with Crippen molar-refractivity contribution >= 4 is 17.9 Å². The summed E-state index contributed by atoms with van der Waals surface area (Å²) < 4.78 is 0. The molecule has 120 valence electrons. The number of primary amides is 1. The number of carboxylic acid groups (broad SMARTS) is 1. The quantitative estimate of drug-likeness (QED) is 0.696. The molecule has 1 fully saturated rings. The zero-order valence-electron chi connectivity index (χ0n) is 12.7. The Hall–Kier alpha value is -1.79. The Morgan fingerprint density at radius 1 is 1.29 bits per heavy atom. The molecule has 0 aromatic carbocycles. The zero-order valence-corrected chi connectivity index (χ0v) is 12.7. The summed E-state index contributed by atoms with van der Waals surface area (Å²) in [5.41, 5.74) is 4.99. The van der Waals surface area contributed by atoms with Crippen LogP contribution in [0.3, 0.4) is 0 Å². The molecule has 4 N–H and O–H groups in total. The molecule has 1 saturated heterocycles. The molecule has 1 aliphatic heterocycles. The summed E-state index contributed by atoms with van der Waals surface area (Å²) in [4.78, 5) is 35.6. The Balaban J connectivity index is 2.57. The SMILES string of the molecule is CC(C)C1CCCN(C(=O)N[C@@H](CC(N)=O)C(=O)O)CC1. The number of carboxylic acids is 1. The maximum absolute atomic E-state index is 12.1. The van der Waals surface area contributed by atoms with Gasteiger partial charge in [0.15, 0.2) is 0 Å². The van der Waals surface area contributed by atoms with Crippen molar-refractivity contribution in [3.63, 3.8) is 0 Å². The number of hydrogen-bond acceptors (Lipinski definition) is 3. The minimum Gasteiger partial charge on any atom is -0.480 e. The fourth-order valence-corrected chi connectivity index (χ4v) is 2.63. The summed E-state index contributed by atoms with van der Waals surface area (Å²) in [6.45, 7) is 5.57. The molecule has 1 aliphatic rings. The average molecular weight is 299 g/mol. The lowest BCUT2D eigenvalue weighted by Gasteiger charge is -2.24. The van der Waals surface area contributed by atoms with Gasteiger partial charge in [-0.1, -0.05) is 13.8 Å². The number of urea groups is 1. The predicted molar refractivity (Wildman–Crippen MR) is 77.5 cm³/mol. The van der Waals surface area contributed by atoms with Crippen molar-refractivity contribution in [1.82, 2.24) is 10.2 Å². The summed E-state index contributed by atoms with van der Waals surface area (Å²) in [7, 11) is 0. The van der Waals surface area contributed by atoms with E-state index in [2.05, 4.69) is 19.2 Å². The van der Waals surface area contributed by atoms with Crippen LogP contribution in [-0.2, 0) is 9.59 Å². The van der Waals surface area contributed by atoms with Gasteiger partial charge >= 0.3 is 12.0 Å². The van der Waals surface area contributed by atoms with E-state index in [4.69, 9.17) is 10.8 Å². The van der Waals surface area contributed by atoms with Gasteiger partial charge in [0.1, 0.15) is 6.04 Å². The van der Waals surface area contributed by atoms with Crippen molar-refractivity contribution in [2.75, 3.05) is 13.1 Å². The van der Waals surface area contributed by atoms with Crippen LogP contribution < -0.4 is 11.1 Å². The summed E-state index contributed by atoms with van der Waals surface area (Å²) >= 11 is 0. The lowest BCUT2D eigenvalue weighted by molar-refractivity contribution is -0.140. The number of carbonyl (C=O) groups is 3. The molecular formula is C14H25N3O4. The molecule has 0 aromatic heterocycles. The molecule has 1 unspecified atom stereocenters. The van der Waals surface area contributed by atoms with Crippen LogP contribution >= 0.6 is 0 Å². The van der Waals surface area contributed by atoms with Gasteiger partial charge in [-0.2, -0.15) is 0 Å². The van der Waals surface area contributed by atoms with Gasteiger partial charge in [0.2, 0.25) is 5.91 Å². The second-order valence-electron chi connectivity index (χ2n) is 5.93. The standard InChI is InChI=1S/C14H25N3O4/c1-9(2)10-4-3-6-17(7-5-10)14(21)16-11(13(19)20)8-12(15)18/h9-11H,3-8H2,1-2H3,(H2,15,18)(H,16,21)(H,19,20)/t10?,11-/m0/s1. The van der Waals surface area contributed by atoms with Gasteiger partial charge in [-0.05, 0) is 31.1 Å². The van der Waals surface area contributed by atoms with E-state index in [1.807, 2.05) is 0 Å². The number of amides is 3. The first kappa shape index (κ1) is 17.3. The van der Waals surface area contributed by atoms with E-state index in [0.717, 1.165) is 19.3 Å². The highest BCUT2D eigenvalue weighted by atomic mass is 16.4. The Kier molecular flexibility index (Phi) is 6.45. The third kappa shape index (κ3) is 5.61. The molecule has 21 heavy (non-hydrogen) atoms. The first-order valence-electron chi connectivity index (χ1n) is 7.37. The molecule has 0 bridgehead atoms. The van der Waals surface area contributed by atoms with E-state index in [-0.39, 0.29) is 0 Å². The monoisotopic (exact) mass is 299 g/mol. The van der Waals surface area contributed by atoms with Crippen molar-refractivity contribution in [3.05, 3.63) is 0 Å². The number of likely N-dealkylation sites (tertiary alicyclic amines) is 1. The Labute approximate surface area is 124 Å². The van der Waals surface area contributed by atoms with Crippen LogP contribution in [0.25, 0.3) is 0 Å². The first-order valence-corrected chi connectivity index (χ1v) is 7.37. The summed E-state index contributed by atoms with van der Waals surface area (Å²) in [6, 6.07) is -1.70. The number of hydrogen-bond donors (Lipinski definition) is 3. The normalized spacial score (nSPS) is 20.7. The van der Waals surface area contributed by atoms with E-state index >= 15 is 0 Å². The minimum atomic E-state index is -1.26. The largest absolute Gasteiger partial charge is 0.480 e. The summed E-state index contributed by atoms with van der Waals surface area (Å²) in [5.74, 6) is -0.839. The number of nitrogens with zero attached hydrogens (tertiary/aromatic N) is 1. The van der Waals surface area contributed by atoms with Gasteiger partial charge in [-0.3, -0.25) is 4.79 Å². The topological polar surface area (TPSA) is 113 Å². The summed E-state index contributed by atoms with van der Waals surface area (Å²) in [6.07, 6.45) is 2.50. The van der Waals surface area contributed by atoms with Crippen molar-refractivity contribution in [2.24, 2.45) is 17.6 Å². The van der Waals surface area contributed by atoms with E-state index < -0.39 is 30.4 Å². The lowest BCUT2D eigenvalue weighted by Crippen LogP contribution is -2.49. The van der Waals surface area contributed by atoms with Gasteiger partial charge in [0.25, 0.3) is 0 Å². The van der Waals surface area contributed by atoms with Crippen LogP contribution in [0.2, 0.25) is 0 Å². The molecule has 0 radical (unpaired) electrons. The van der Waals surface area contributed by atoms with Crippen LogP contribution in [0.15, 0.2) is 0 Å². The van der Waals surface area contributed by atoms with Gasteiger partial charge in [-0.25, -0.2) is 9.59 Å². The van der Waals surface area contributed by atoms with Crippen LogP contribution in [0.5, 0.6) is 0 Å². The fourth-order valence-electron chi connectivity index (χ4n) is 2.63. The van der Waals surface area contributed by atoms with Crippen LogP contribution in [0.4, 0.5) is 4.79 Å². The van der Waals surface area contributed by atoms with Crippen LogP contribution in [0.1, 0.15) is 39.5 Å². The van der Waals surface area contributed by atoms with Crippen LogP contribution in [0, 0.1) is 11.8 Å². The molecule has 0 saturated carbocycles. The van der Waals surface area contributed by atoms with Gasteiger partial charge in [-0.15, -0.1) is 0 Å². The predicted octanol–water partition coefficient (Wildman–Crippen LogP) is 0.783. The number of carbonyl (C=O) groups excluding carboxylic acids is 2. The van der Waals surface area contributed by atoms with E-state index in [1.54, 1.807) is 4.90 Å². The highest BCUT2D eigenvalue weighted by molar-refractivity contribution is 5.87. The van der Waals surface area contributed by atoms with Crippen molar-refractivity contribution in [1.29, 1.82) is 0 Å². The zero-order chi connectivity index (χ0) is 16.0. The minimum absolute atomic E-state index is 0.399. The van der Waals surface area contributed by atoms with Gasteiger partial charge < -0.3 is 21.1 Å². The Morgan fingerprint density at radius 2 is 1.95 bits per heavy atom.